The molecule has 1 aromatic rings. The minimum Gasteiger partial charge on any atom is -0.489 e. The summed E-state index contributed by atoms with van der Waals surface area (Å²) in [6, 6.07) is 6.25. The Balaban J connectivity index is 2.43. The van der Waals surface area contributed by atoms with Crippen LogP contribution in [0.3, 0.4) is 0 Å². The van der Waals surface area contributed by atoms with Crippen LogP contribution in [-0.2, 0) is 0 Å². The van der Waals surface area contributed by atoms with Gasteiger partial charge in [0.25, 0.3) is 5.69 Å². The normalized spacial score (nSPS) is 12.3. The van der Waals surface area contributed by atoms with Crippen molar-refractivity contribution < 1.29 is 9.66 Å². The number of nitrogens with zero attached hydrogens (tertiary/aromatic N) is 1. The number of hydrogen-bond donors (Lipinski definition) is 0. The molecule has 0 aliphatic carbocycles. The highest BCUT2D eigenvalue weighted by atomic mass is 16.6. The van der Waals surface area contributed by atoms with Crippen LogP contribution in [0.2, 0.25) is 0 Å². The van der Waals surface area contributed by atoms with Crippen molar-refractivity contribution in [3.05, 3.63) is 57.7 Å². The Hall–Kier alpha value is -2.10. The van der Waals surface area contributed by atoms with Gasteiger partial charge in [0.05, 0.1) is 11.0 Å². The Morgan fingerprint density at radius 3 is 2.71 bits per heavy atom. The quantitative estimate of drug-likeness (QED) is 0.382. The molecule has 21 heavy (non-hydrogen) atoms. The minimum atomic E-state index is -0.420. The van der Waals surface area contributed by atoms with Crippen LogP contribution in [0.25, 0.3) is 0 Å². The first-order chi connectivity index (χ1) is 10.0. The third-order valence-electron chi connectivity index (χ3n) is 3.30. The standard InChI is InChI=1S/C17H23NO3/c1-4-14(2)7-5-8-15(3)11-12-21-17-10-6-9-16(13-17)18(19)20/h6-7,9-11,13H,4-5,8,12H2,1-3H3. The molecule has 0 bridgehead atoms. The first-order valence-electron chi connectivity index (χ1n) is 7.21. The van der Waals surface area contributed by atoms with Crippen LogP contribution < -0.4 is 4.74 Å². The summed E-state index contributed by atoms with van der Waals surface area (Å²) in [6.07, 6.45) is 7.43. The van der Waals surface area contributed by atoms with Crippen molar-refractivity contribution in [3.63, 3.8) is 0 Å². The Morgan fingerprint density at radius 2 is 2.05 bits per heavy atom. The summed E-state index contributed by atoms with van der Waals surface area (Å²) in [7, 11) is 0. The largest absolute Gasteiger partial charge is 0.489 e. The van der Waals surface area contributed by atoms with Crippen molar-refractivity contribution in [2.75, 3.05) is 6.61 Å². The van der Waals surface area contributed by atoms with E-state index in [9.17, 15) is 10.1 Å². The topological polar surface area (TPSA) is 52.4 Å². The van der Waals surface area contributed by atoms with Gasteiger partial charge in [-0.25, -0.2) is 0 Å². The maximum atomic E-state index is 10.7. The van der Waals surface area contributed by atoms with Gasteiger partial charge < -0.3 is 4.74 Å². The van der Waals surface area contributed by atoms with E-state index in [1.54, 1.807) is 12.1 Å². The molecule has 0 saturated heterocycles. The van der Waals surface area contributed by atoms with Gasteiger partial charge in [-0.05, 0) is 45.3 Å². The molecule has 0 aliphatic rings. The van der Waals surface area contributed by atoms with Crippen LogP contribution in [0, 0.1) is 10.1 Å². The zero-order valence-electron chi connectivity index (χ0n) is 13.0. The summed E-state index contributed by atoms with van der Waals surface area (Å²) in [4.78, 5) is 10.2. The second-order valence-corrected chi connectivity index (χ2v) is 5.06. The van der Waals surface area contributed by atoms with Crippen LogP contribution in [-0.4, -0.2) is 11.5 Å². The van der Waals surface area contributed by atoms with E-state index in [0.717, 1.165) is 19.3 Å². The van der Waals surface area contributed by atoms with Crippen LogP contribution in [0.4, 0.5) is 5.69 Å². The molecule has 4 heteroatoms. The maximum Gasteiger partial charge on any atom is 0.273 e. The lowest BCUT2D eigenvalue weighted by atomic mass is 10.1. The van der Waals surface area contributed by atoms with Crippen molar-refractivity contribution in [2.24, 2.45) is 0 Å². The number of nitro benzene ring substituents is 1. The average Bonchev–Trinajstić information content (AvgIpc) is 2.47. The second kappa shape index (κ2) is 8.95. The molecule has 1 aromatic carbocycles. The molecule has 0 atom stereocenters. The second-order valence-electron chi connectivity index (χ2n) is 5.06. The summed E-state index contributed by atoms with van der Waals surface area (Å²) in [5.41, 5.74) is 2.73. The fraction of sp³-hybridized carbons (Fsp3) is 0.412. The Kier molecular flexibility index (Phi) is 7.23. The van der Waals surface area contributed by atoms with Gasteiger partial charge in [-0.15, -0.1) is 0 Å². The number of rotatable bonds is 8. The summed E-state index contributed by atoms with van der Waals surface area (Å²) >= 11 is 0. The third-order valence-corrected chi connectivity index (χ3v) is 3.30. The first-order valence-corrected chi connectivity index (χ1v) is 7.21. The molecular formula is C17H23NO3. The van der Waals surface area contributed by atoms with Gasteiger partial charge in [0.15, 0.2) is 0 Å². The lowest BCUT2D eigenvalue weighted by molar-refractivity contribution is -0.384. The van der Waals surface area contributed by atoms with E-state index in [4.69, 9.17) is 4.74 Å². The average molecular weight is 289 g/mol. The van der Waals surface area contributed by atoms with E-state index in [2.05, 4.69) is 26.8 Å². The van der Waals surface area contributed by atoms with Crippen LogP contribution >= 0.6 is 0 Å². The van der Waals surface area contributed by atoms with E-state index in [0.29, 0.717) is 12.4 Å². The minimum absolute atomic E-state index is 0.0494. The van der Waals surface area contributed by atoms with Crippen molar-refractivity contribution in [1.82, 2.24) is 0 Å². The van der Waals surface area contributed by atoms with Gasteiger partial charge in [0.2, 0.25) is 0 Å². The van der Waals surface area contributed by atoms with Gasteiger partial charge in [-0.2, -0.15) is 0 Å². The highest BCUT2D eigenvalue weighted by Crippen LogP contribution is 2.19. The van der Waals surface area contributed by atoms with E-state index in [-0.39, 0.29) is 5.69 Å². The van der Waals surface area contributed by atoms with Crippen LogP contribution in [0.1, 0.15) is 40.0 Å². The molecule has 114 valence electrons. The Labute approximate surface area is 126 Å². The summed E-state index contributed by atoms with van der Waals surface area (Å²) in [6.45, 7) is 6.81. The summed E-state index contributed by atoms with van der Waals surface area (Å²) in [5.74, 6) is 0.523. The molecule has 0 aromatic heterocycles. The van der Waals surface area contributed by atoms with Gasteiger partial charge in [0.1, 0.15) is 12.4 Å². The smallest absolute Gasteiger partial charge is 0.273 e. The maximum absolute atomic E-state index is 10.7. The monoisotopic (exact) mass is 289 g/mol. The molecule has 0 heterocycles. The fourth-order valence-corrected chi connectivity index (χ4v) is 1.76. The van der Waals surface area contributed by atoms with Crippen molar-refractivity contribution in [1.29, 1.82) is 0 Å². The molecule has 0 amide bonds. The van der Waals surface area contributed by atoms with Crippen LogP contribution in [0.5, 0.6) is 5.75 Å². The molecule has 0 unspecified atom stereocenters. The fourth-order valence-electron chi connectivity index (χ4n) is 1.76. The SMILES string of the molecule is CCC(C)=CCCC(C)=CCOc1cccc([N+](=O)[O-])c1. The molecule has 0 aliphatic heterocycles. The molecule has 0 spiro atoms. The number of benzene rings is 1. The summed E-state index contributed by atoms with van der Waals surface area (Å²) in [5, 5.41) is 10.7. The zero-order valence-corrected chi connectivity index (χ0v) is 13.0. The third kappa shape index (κ3) is 6.75. The van der Waals surface area contributed by atoms with E-state index in [1.807, 2.05) is 6.08 Å². The van der Waals surface area contributed by atoms with Gasteiger partial charge in [0, 0.05) is 6.07 Å². The zero-order chi connectivity index (χ0) is 15.7. The molecular weight excluding hydrogens is 266 g/mol. The van der Waals surface area contributed by atoms with Gasteiger partial charge >= 0.3 is 0 Å². The summed E-state index contributed by atoms with van der Waals surface area (Å²) < 4.78 is 5.52. The molecule has 0 radical (unpaired) electrons. The lowest BCUT2D eigenvalue weighted by Gasteiger charge is -2.04. The number of nitro groups is 1. The van der Waals surface area contributed by atoms with E-state index in [1.165, 1.54) is 23.3 Å². The van der Waals surface area contributed by atoms with Crippen molar-refractivity contribution in [2.45, 2.75) is 40.0 Å². The van der Waals surface area contributed by atoms with Crippen molar-refractivity contribution >= 4 is 5.69 Å². The number of ether oxygens (including phenoxy) is 1. The first kappa shape index (κ1) is 17.0. The molecule has 0 N–H and O–H groups in total. The number of allylic oxidation sites excluding steroid dienone is 3. The molecule has 0 fully saturated rings. The number of hydrogen-bond acceptors (Lipinski definition) is 3. The van der Waals surface area contributed by atoms with E-state index < -0.39 is 4.92 Å². The predicted molar refractivity (Wildman–Crippen MR) is 85.6 cm³/mol. The van der Waals surface area contributed by atoms with Gasteiger partial charge in [-0.1, -0.05) is 30.2 Å². The number of non-ortho nitro benzene ring substituents is 1. The molecule has 4 nitrogen and oxygen atoms in total. The van der Waals surface area contributed by atoms with Gasteiger partial charge in [-0.3, -0.25) is 10.1 Å². The molecule has 0 saturated carbocycles. The van der Waals surface area contributed by atoms with Crippen molar-refractivity contribution in [3.8, 4) is 5.75 Å². The van der Waals surface area contributed by atoms with E-state index >= 15 is 0 Å². The lowest BCUT2D eigenvalue weighted by Crippen LogP contribution is -1.96. The Bertz CT molecular complexity index is 533. The highest BCUT2D eigenvalue weighted by Gasteiger charge is 2.05. The predicted octanol–water partition coefficient (Wildman–Crippen LogP) is 5.06. The molecule has 1 rings (SSSR count). The van der Waals surface area contributed by atoms with Crippen LogP contribution in [0.15, 0.2) is 47.6 Å². The highest BCUT2D eigenvalue weighted by molar-refractivity contribution is 5.38. The Morgan fingerprint density at radius 1 is 1.29 bits per heavy atom.